The first-order valence-corrected chi connectivity index (χ1v) is 6.97. The summed E-state index contributed by atoms with van der Waals surface area (Å²) in [5.41, 5.74) is 2.28. The summed E-state index contributed by atoms with van der Waals surface area (Å²) >= 11 is 6.34. The zero-order chi connectivity index (χ0) is 15.9. The highest BCUT2D eigenvalue weighted by atomic mass is 35.5. The van der Waals surface area contributed by atoms with Gasteiger partial charge < -0.3 is 5.11 Å². The van der Waals surface area contributed by atoms with Gasteiger partial charge in [0.05, 0.1) is 10.7 Å². The van der Waals surface area contributed by atoms with Gasteiger partial charge in [-0.3, -0.25) is 0 Å². The molecule has 1 heterocycles. The predicted octanol–water partition coefficient (Wildman–Crippen LogP) is 3.53. The number of hydrogen-bond acceptors (Lipinski definition) is 3. The van der Waals surface area contributed by atoms with E-state index in [9.17, 15) is 4.79 Å². The smallest absolute Gasteiger partial charge is 0.375 e. The van der Waals surface area contributed by atoms with Gasteiger partial charge >= 0.3 is 5.97 Å². The highest BCUT2D eigenvalue weighted by Crippen LogP contribution is 2.30. The number of nitrogens with zero attached hydrogens (tertiary/aromatic N) is 3. The van der Waals surface area contributed by atoms with Gasteiger partial charge in [0.15, 0.2) is 0 Å². The number of benzene rings is 1. The molecule has 21 heavy (non-hydrogen) atoms. The molecule has 0 aliphatic carbocycles. The molecular weight excluding hydrogens is 290 g/mol. The van der Waals surface area contributed by atoms with Crippen LogP contribution in [0.5, 0.6) is 0 Å². The Morgan fingerprint density at radius 2 is 1.90 bits per heavy atom. The minimum Gasteiger partial charge on any atom is -0.475 e. The van der Waals surface area contributed by atoms with Crippen molar-refractivity contribution in [1.29, 1.82) is 0 Å². The van der Waals surface area contributed by atoms with Crippen molar-refractivity contribution >= 4 is 17.6 Å². The van der Waals surface area contributed by atoms with Gasteiger partial charge in [0.2, 0.25) is 0 Å². The van der Waals surface area contributed by atoms with Crippen LogP contribution in [-0.2, 0) is 5.41 Å². The van der Waals surface area contributed by atoms with E-state index in [0.29, 0.717) is 16.5 Å². The van der Waals surface area contributed by atoms with Crippen molar-refractivity contribution in [3.8, 4) is 5.69 Å². The highest BCUT2D eigenvalue weighted by molar-refractivity contribution is 6.32. The molecule has 1 aromatic heterocycles. The molecular formula is C15H18ClN3O2. The summed E-state index contributed by atoms with van der Waals surface area (Å²) in [5, 5.41) is 13.8. The standard InChI is InChI=1S/C15H18ClN3O2/c1-8-6-9(2)11(10(16)7-8)19-14(15(3,4)5)17-12(18-19)13(20)21/h6-7H,1-5H3,(H,20,21). The van der Waals surface area contributed by atoms with Gasteiger partial charge in [-0.15, -0.1) is 5.10 Å². The van der Waals surface area contributed by atoms with Gasteiger partial charge in [-0.2, -0.15) is 0 Å². The van der Waals surface area contributed by atoms with Crippen LogP contribution in [0.3, 0.4) is 0 Å². The summed E-state index contributed by atoms with van der Waals surface area (Å²) in [5.74, 6) is -0.815. The summed E-state index contributed by atoms with van der Waals surface area (Å²) in [6, 6.07) is 3.81. The first kappa shape index (κ1) is 15.5. The van der Waals surface area contributed by atoms with Crippen LogP contribution in [0.4, 0.5) is 0 Å². The third-order valence-corrected chi connectivity index (χ3v) is 3.37. The predicted molar refractivity (Wildman–Crippen MR) is 81.5 cm³/mol. The molecule has 112 valence electrons. The normalized spacial score (nSPS) is 11.7. The van der Waals surface area contributed by atoms with Gasteiger partial charge in [-0.25, -0.2) is 14.5 Å². The van der Waals surface area contributed by atoms with Crippen molar-refractivity contribution in [3.05, 3.63) is 39.9 Å². The van der Waals surface area contributed by atoms with E-state index in [1.807, 2.05) is 46.8 Å². The Morgan fingerprint density at radius 3 is 2.38 bits per heavy atom. The second kappa shape index (κ2) is 5.15. The van der Waals surface area contributed by atoms with Crippen molar-refractivity contribution in [2.24, 2.45) is 0 Å². The van der Waals surface area contributed by atoms with E-state index in [1.54, 1.807) is 4.68 Å². The van der Waals surface area contributed by atoms with E-state index < -0.39 is 5.97 Å². The number of halogens is 1. The number of carbonyl (C=O) groups is 1. The fourth-order valence-electron chi connectivity index (χ4n) is 2.22. The Bertz CT molecular complexity index is 691. The summed E-state index contributed by atoms with van der Waals surface area (Å²) in [6.45, 7) is 9.74. The minimum absolute atomic E-state index is 0.226. The number of carboxylic acids is 1. The van der Waals surface area contributed by atoms with Crippen LogP contribution in [0, 0.1) is 13.8 Å². The SMILES string of the molecule is Cc1cc(C)c(-n2nc(C(=O)O)nc2C(C)(C)C)c(Cl)c1. The summed E-state index contributed by atoms with van der Waals surface area (Å²) < 4.78 is 1.54. The van der Waals surface area contributed by atoms with Gasteiger partial charge in [-0.1, -0.05) is 38.4 Å². The van der Waals surface area contributed by atoms with Crippen LogP contribution < -0.4 is 0 Å². The van der Waals surface area contributed by atoms with E-state index in [0.717, 1.165) is 11.1 Å². The third-order valence-electron chi connectivity index (χ3n) is 3.08. The number of aromatic carboxylic acids is 1. The Hall–Kier alpha value is -1.88. The van der Waals surface area contributed by atoms with Crippen molar-refractivity contribution in [3.63, 3.8) is 0 Å². The lowest BCUT2D eigenvalue weighted by Crippen LogP contribution is -2.19. The largest absolute Gasteiger partial charge is 0.475 e. The second-order valence-electron chi connectivity index (χ2n) is 6.14. The van der Waals surface area contributed by atoms with E-state index in [4.69, 9.17) is 16.7 Å². The van der Waals surface area contributed by atoms with Crippen LogP contribution >= 0.6 is 11.6 Å². The van der Waals surface area contributed by atoms with E-state index >= 15 is 0 Å². The van der Waals surface area contributed by atoms with Crippen LogP contribution in [0.2, 0.25) is 5.02 Å². The lowest BCUT2D eigenvalue weighted by Gasteiger charge is -2.20. The number of hydrogen-bond donors (Lipinski definition) is 1. The maximum absolute atomic E-state index is 11.2. The fourth-order valence-corrected chi connectivity index (χ4v) is 2.62. The Labute approximate surface area is 128 Å². The first-order chi connectivity index (χ1) is 9.61. The zero-order valence-corrected chi connectivity index (χ0v) is 13.5. The Morgan fingerprint density at radius 1 is 1.29 bits per heavy atom. The fraction of sp³-hybridized carbons (Fsp3) is 0.400. The average Bonchev–Trinajstić information content (AvgIpc) is 2.71. The quantitative estimate of drug-likeness (QED) is 0.921. The molecule has 1 N–H and O–H groups in total. The Kier molecular flexibility index (Phi) is 3.80. The lowest BCUT2D eigenvalue weighted by atomic mass is 9.95. The summed E-state index contributed by atoms with van der Waals surface area (Å²) in [6.07, 6.45) is 0. The van der Waals surface area contributed by atoms with Crippen LogP contribution in [0.1, 0.15) is 48.3 Å². The van der Waals surface area contributed by atoms with Crippen molar-refractivity contribution in [2.45, 2.75) is 40.0 Å². The maximum atomic E-state index is 11.2. The molecule has 0 atom stereocenters. The van der Waals surface area contributed by atoms with Gasteiger partial charge in [-0.05, 0) is 31.0 Å². The van der Waals surface area contributed by atoms with Crippen LogP contribution in [0.15, 0.2) is 12.1 Å². The van der Waals surface area contributed by atoms with Crippen molar-refractivity contribution < 1.29 is 9.90 Å². The molecule has 2 rings (SSSR count). The molecule has 1 aromatic carbocycles. The van der Waals surface area contributed by atoms with E-state index in [-0.39, 0.29) is 11.2 Å². The molecule has 2 aromatic rings. The molecule has 0 fully saturated rings. The van der Waals surface area contributed by atoms with Crippen LogP contribution in [-0.4, -0.2) is 25.8 Å². The minimum atomic E-state index is -1.15. The number of rotatable bonds is 2. The van der Waals surface area contributed by atoms with Gasteiger partial charge in [0, 0.05) is 5.41 Å². The molecule has 0 unspecified atom stereocenters. The first-order valence-electron chi connectivity index (χ1n) is 6.59. The third kappa shape index (κ3) is 2.93. The number of aromatic nitrogens is 3. The van der Waals surface area contributed by atoms with Gasteiger partial charge in [0.25, 0.3) is 5.82 Å². The topological polar surface area (TPSA) is 68.0 Å². The van der Waals surface area contributed by atoms with Crippen molar-refractivity contribution in [2.75, 3.05) is 0 Å². The van der Waals surface area contributed by atoms with Crippen LogP contribution in [0.25, 0.3) is 5.69 Å². The molecule has 0 bridgehead atoms. The molecule has 5 nitrogen and oxygen atoms in total. The number of aryl methyl sites for hydroxylation is 2. The molecule has 0 saturated heterocycles. The lowest BCUT2D eigenvalue weighted by molar-refractivity contribution is 0.0683. The molecule has 0 radical (unpaired) electrons. The highest BCUT2D eigenvalue weighted by Gasteiger charge is 2.27. The molecule has 0 saturated carbocycles. The molecule has 0 amide bonds. The van der Waals surface area contributed by atoms with Crippen molar-refractivity contribution in [1.82, 2.24) is 14.8 Å². The zero-order valence-electron chi connectivity index (χ0n) is 12.7. The molecule has 0 aliphatic rings. The average molecular weight is 308 g/mol. The summed E-state index contributed by atoms with van der Waals surface area (Å²) in [7, 11) is 0. The molecule has 0 aliphatic heterocycles. The molecule has 6 heteroatoms. The van der Waals surface area contributed by atoms with E-state index in [1.165, 1.54) is 0 Å². The van der Waals surface area contributed by atoms with E-state index in [2.05, 4.69) is 10.1 Å². The molecule has 0 spiro atoms. The Balaban J connectivity index is 2.77. The second-order valence-corrected chi connectivity index (χ2v) is 6.55. The monoisotopic (exact) mass is 307 g/mol. The maximum Gasteiger partial charge on any atom is 0.375 e. The number of carboxylic acid groups (broad SMARTS) is 1. The summed E-state index contributed by atoms with van der Waals surface area (Å²) in [4.78, 5) is 15.3. The van der Waals surface area contributed by atoms with Gasteiger partial charge in [0.1, 0.15) is 5.82 Å².